The third-order valence-electron chi connectivity index (χ3n) is 3.00. The molecule has 0 aromatic carbocycles. The van der Waals surface area contributed by atoms with Gasteiger partial charge in [-0.3, -0.25) is 0 Å². The summed E-state index contributed by atoms with van der Waals surface area (Å²) in [4.78, 5) is 0. The normalized spacial score (nSPS) is 6.67. The molecule has 0 aliphatic heterocycles. The van der Waals surface area contributed by atoms with Crippen LogP contribution in [0.4, 0.5) is 0 Å². The van der Waals surface area contributed by atoms with E-state index in [1.165, 1.54) is 77.0 Å². The molecule has 0 aromatic heterocycles. The molecule has 0 nitrogen and oxygen atoms in total. The molecule has 3 heteroatoms. The van der Waals surface area contributed by atoms with Crippen LogP contribution in [0.5, 0.6) is 0 Å². The van der Waals surface area contributed by atoms with Crippen LogP contribution in [-0.2, 0) is 0 Å². The summed E-state index contributed by atoms with van der Waals surface area (Å²) in [5, 5.41) is 0. The van der Waals surface area contributed by atoms with E-state index in [2.05, 4.69) is 83.1 Å². The Morgan fingerprint density at radius 1 is 0.222 bits per heavy atom. The number of rotatable bonds is 6. The smallest absolute Gasteiger partial charge is 0 e. The van der Waals surface area contributed by atoms with Crippen molar-refractivity contribution in [1.82, 2.24) is 0 Å². The maximum atomic E-state index is 2.18. The van der Waals surface area contributed by atoms with Gasteiger partial charge < -0.3 is 0 Å². The van der Waals surface area contributed by atoms with Crippen LogP contribution in [0.15, 0.2) is 0 Å². The maximum Gasteiger partial charge on any atom is 0 e. The third-order valence-corrected chi connectivity index (χ3v) is 3.00. The zero-order valence-corrected chi connectivity index (χ0v) is 29.3. The first kappa shape index (κ1) is 56.9. The first-order valence-electron chi connectivity index (χ1n) is 11.5. The summed E-state index contributed by atoms with van der Waals surface area (Å²) in [6, 6.07) is 0. The first-order chi connectivity index (χ1) is 11.5. The second kappa shape index (κ2) is 104. The Morgan fingerprint density at radius 3 is 0.259 bits per heavy atom. The van der Waals surface area contributed by atoms with Crippen molar-refractivity contribution >= 4 is 64.9 Å². The molecular formula is C24H60SeSn2. The fourth-order valence-corrected chi connectivity index (χ4v) is 0. The maximum absolute atomic E-state index is 2.18. The molecule has 0 aliphatic rings. The molecule has 0 saturated heterocycles. The Labute approximate surface area is 223 Å². The Bertz CT molecular complexity index is 59.4. The second-order valence-electron chi connectivity index (χ2n) is 6.00. The fraction of sp³-hybridized carbons (Fsp3) is 1.00. The average Bonchev–Trinajstić information content (AvgIpc) is 2.68. The van der Waals surface area contributed by atoms with Crippen LogP contribution >= 0.6 is 0 Å². The van der Waals surface area contributed by atoms with Crippen LogP contribution in [0.3, 0.4) is 0 Å². The minimum Gasteiger partial charge on any atom is -0.0654 e. The van der Waals surface area contributed by atoms with Crippen molar-refractivity contribution in [3.05, 3.63) is 0 Å². The Hall–Kier alpha value is 2.12. The number of hydrogen-bond acceptors (Lipinski definition) is 0. The predicted molar refractivity (Wildman–Crippen MR) is 141 cm³/mol. The molecule has 0 saturated carbocycles. The van der Waals surface area contributed by atoms with E-state index in [1.807, 2.05) is 0 Å². The van der Waals surface area contributed by atoms with Crippen LogP contribution in [0, 0.1) is 0 Å². The molecule has 0 aliphatic carbocycles. The number of hydrogen-bond donors (Lipinski definition) is 0. The van der Waals surface area contributed by atoms with Crippen LogP contribution in [-0.4, -0.2) is 64.9 Å². The van der Waals surface area contributed by atoms with Gasteiger partial charge in [0.1, 0.15) is 0 Å². The van der Waals surface area contributed by atoms with Gasteiger partial charge in [0.15, 0.2) is 0 Å². The van der Waals surface area contributed by atoms with Crippen molar-refractivity contribution in [2.24, 2.45) is 0 Å². The van der Waals surface area contributed by atoms with Crippen molar-refractivity contribution in [3.63, 3.8) is 0 Å². The summed E-state index contributed by atoms with van der Waals surface area (Å²) in [7, 11) is 0. The van der Waals surface area contributed by atoms with Crippen molar-refractivity contribution in [2.75, 3.05) is 0 Å². The molecular weight excluding hydrogens is 605 g/mol. The molecule has 0 heterocycles. The molecule has 0 spiro atoms. The van der Waals surface area contributed by atoms with E-state index in [-0.39, 0.29) is 64.9 Å². The minimum absolute atomic E-state index is 0. The van der Waals surface area contributed by atoms with E-state index in [4.69, 9.17) is 0 Å². The van der Waals surface area contributed by atoms with Crippen molar-refractivity contribution in [2.45, 2.75) is 160 Å². The van der Waals surface area contributed by atoms with Crippen LogP contribution in [0.25, 0.3) is 0 Å². The van der Waals surface area contributed by atoms with Crippen molar-refractivity contribution in [1.29, 1.82) is 0 Å². The first-order valence-corrected chi connectivity index (χ1v) is 11.5. The van der Waals surface area contributed by atoms with Crippen molar-refractivity contribution < 1.29 is 0 Å². The minimum atomic E-state index is 0. The van der Waals surface area contributed by atoms with Gasteiger partial charge in [0.05, 0.1) is 0 Å². The molecule has 0 fully saturated rings. The molecule has 0 unspecified atom stereocenters. The molecule has 0 aromatic rings. The molecule has 27 heavy (non-hydrogen) atoms. The van der Waals surface area contributed by atoms with E-state index >= 15 is 0 Å². The quantitative estimate of drug-likeness (QED) is 0.248. The third kappa shape index (κ3) is 291. The zero-order chi connectivity index (χ0) is 20.5. The average molecular weight is 665 g/mol. The van der Waals surface area contributed by atoms with Gasteiger partial charge in [0.2, 0.25) is 0 Å². The molecule has 0 amide bonds. The van der Waals surface area contributed by atoms with Gasteiger partial charge in [-0.05, 0) is 0 Å². The SMILES string of the molecule is CCCC.CCCC.CCCC.CCCC.CCCC.CCCC.[Se].[Sn].[Sn]. The largest absolute Gasteiger partial charge is 0.0654 e. The van der Waals surface area contributed by atoms with E-state index in [0.29, 0.717) is 0 Å². The molecule has 170 valence electrons. The van der Waals surface area contributed by atoms with Gasteiger partial charge in [-0.25, -0.2) is 0 Å². The summed E-state index contributed by atoms with van der Waals surface area (Å²) >= 11 is 0. The van der Waals surface area contributed by atoms with E-state index in [9.17, 15) is 0 Å². The molecule has 0 atom stereocenters. The van der Waals surface area contributed by atoms with Gasteiger partial charge in [-0.2, -0.15) is 0 Å². The fourth-order valence-electron chi connectivity index (χ4n) is 0. The summed E-state index contributed by atoms with van der Waals surface area (Å²) in [6.07, 6.45) is 15.8. The van der Waals surface area contributed by atoms with Crippen LogP contribution < -0.4 is 0 Å². The summed E-state index contributed by atoms with van der Waals surface area (Å²) < 4.78 is 0. The Morgan fingerprint density at radius 2 is 0.259 bits per heavy atom. The van der Waals surface area contributed by atoms with Gasteiger partial charge >= 0.3 is 0 Å². The predicted octanol–water partition coefficient (Wildman–Crippen LogP) is 9.70. The van der Waals surface area contributed by atoms with Gasteiger partial charge in [-0.1, -0.05) is 160 Å². The van der Waals surface area contributed by atoms with E-state index in [0.717, 1.165) is 0 Å². The van der Waals surface area contributed by atoms with Crippen molar-refractivity contribution in [3.8, 4) is 0 Å². The Balaban J connectivity index is -0.0000000201. The standard InChI is InChI=1S/6C4H10.Se.2Sn/c6*1-3-4-2;;;/h6*3-4H2,1-2H3;;;. The van der Waals surface area contributed by atoms with E-state index < -0.39 is 0 Å². The van der Waals surface area contributed by atoms with E-state index in [1.54, 1.807) is 0 Å². The van der Waals surface area contributed by atoms with Crippen LogP contribution in [0.1, 0.15) is 160 Å². The summed E-state index contributed by atoms with van der Waals surface area (Å²) in [5.74, 6) is 0. The topological polar surface area (TPSA) is 0 Å². The summed E-state index contributed by atoms with van der Waals surface area (Å²) in [6.45, 7) is 26.2. The molecule has 10 radical (unpaired) electrons. The van der Waals surface area contributed by atoms with Gasteiger partial charge in [0, 0.05) is 64.9 Å². The van der Waals surface area contributed by atoms with Crippen LogP contribution in [0.2, 0.25) is 0 Å². The summed E-state index contributed by atoms with van der Waals surface area (Å²) in [5.41, 5.74) is 0. The monoisotopic (exact) mass is 668 g/mol. The number of unbranched alkanes of at least 4 members (excludes halogenated alkanes) is 6. The molecule has 0 bridgehead atoms. The second-order valence-corrected chi connectivity index (χ2v) is 6.00. The Kier molecular flexibility index (Phi) is 219. The zero-order valence-electron chi connectivity index (χ0n) is 21.9. The molecule has 0 N–H and O–H groups in total. The van der Waals surface area contributed by atoms with Gasteiger partial charge in [0.25, 0.3) is 0 Å². The van der Waals surface area contributed by atoms with Gasteiger partial charge in [-0.15, -0.1) is 0 Å². The molecule has 0 rings (SSSR count).